The number of benzene rings is 1. The molecule has 0 aliphatic carbocycles. The number of rotatable bonds is 6. The van der Waals surface area contributed by atoms with Crippen molar-refractivity contribution in [2.24, 2.45) is 0 Å². The summed E-state index contributed by atoms with van der Waals surface area (Å²) in [6.07, 6.45) is 3.61. The number of ether oxygens (including phenoxy) is 2. The molecule has 2 aromatic rings. The second kappa shape index (κ2) is 7.65. The van der Waals surface area contributed by atoms with E-state index in [1.165, 1.54) is 11.8 Å². The molecule has 8 heteroatoms. The summed E-state index contributed by atoms with van der Waals surface area (Å²) < 4.78 is 10.9. The topological polar surface area (TPSA) is 93.3 Å². The molecular weight excluding hydrogens is 354 g/mol. The standard InChI is InChI=1S/C18H19N3O4S/c1-4-7-25-12-6-5-10(8-13(12)24-2)11-9-14(22)19-16-15(11)17(23)21-18(20-16)26-3/h4-6,8,11H,1,7,9H2,2-3H3,(H2,19,20,21,22,23). The third kappa shape index (κ3) is 3.45. The maximum atomic E-state index is 12.6. The zero-order valence-electron chi connectivity index (χ0n) is 14.5. The Morgan fingerprint density at radius 2 is 2.19 bits per heavy atom. The van der Waals surface area contributed by atoms with Crippen LogP contribution in [-0.2, 0) is 4.79 Å². The average Bonchev–Trinajstić information content (AvgIpc) is 2.64. The van der Waals surface area contributed by atoms with Gasteiger partial charge in [0, 0.05) is 12.3 Å². The second-order valence-electron chi connectivity index (χ2n) is 5.65. The Labute approximate surface area is 154 Å². The summed E-state index contributed by atoms with van der Waals surface area (Å²) in [4.78, 5) is 31.8. The molecule has 0 spiro atoms. The summed E-state index contributed by atoms with van der Waals surface area (Å²) in [6, 6.07) is 5.38. The number of hydrogen-bond donors (Lipinski definition) is 2. The van der Waals surface area contributed by atoms with Crippen LogP contribution in [0.3, 0.4) is 0 Å². The van der Waals surface area contributed by atoms with E-state index >= 15 is 0 Å². The quantitative estimate of drug-likeness (QED) is 0.459. The number of H-pyrrole nitrogens is 1. The average molecular weight is 373 g/mol. The highest BCUT2D eigenvalue weighted by Crippen LogP contribution is 2.38. The van der Waals surface area contributed by atoms with Crippen LogP contribution >= 0.6 is 11.8 Å². The molecule has 2 heterocycles. The summed E-state index contributed by atoms with van der Waals surface area (Å²) in [5.41, 5.74) is 0.979. The Morgan fingerprint density at radius 1 is 1.38 bits per heavy atom. The smallest absolute Gasteiger partial charge is 0.257 e. The Bertz CT molecular complexity index is 910. The number of thioether (sulfide) groups is 1. The first kappa shape index (κ1) is 18.1. The van der Waals surface area contributed by atoms with Gasteiger partial charge in [0.05, 0.1) is 12.7 Å². The predicted molar refractivity (Wildman–Crippen MR) is 100 cm³/mol. The molecule has 7 nitrogen and oxygen atoms in total. The molecule has 3 rings (SSSR count). The van der Waals surface area contributed by atoms with E-state index in [0.29, 0.717) is 34.6 Å². The van der Waals surface area contributed by atoms with Gasteiger partial charge < -0.3 is 19.8 Å². The fourth-order valence-corrected chi connectivity index (χ4v) is 3.28. The van der Waals surface area contributed by atoms with Crippen molar-refractivity contribution >= 4 is 23.5 Å². The highest BCUT2D eigenvalue weighted by Gasteiger charge is 2.31. The van der Waals surface area contributed by atoms with E-state index in [-0.39, 0.29) is 17.9 Å². The lowest BCUT2D eigenvalue weighted by molar-refractivity contribution is -0.116. The van der Waals surface area contributed by atoms with E-state index in [0.717, 1.165) is 5.56 Å². The highest BCUT2D eigenvalue weighted by molar-refractivity contribution is 7.98. The van der Waals surface area contributed by atoms with Gasteiger partial charge >= 0.3 is 0 Å². The minimum Gasteiger partial charge on any atom is -0.493 e. The molecule has 0 saturated carbocycles. The number of amides is 1. The van der Waals surface area contributed by atoms with Crippen LogP contribution in [0.2, 0.25) is 0 Å². The molecule has 136 valence electrons. The second-order valence-corrected chi connectivity index (χ2v) is 6.45. The third-order valence-electron chi connectivity index (χ3n) is 4.07. The van der Waals surface area contributed by atoms with E-state index < -0.39 is 5.92 Å². The van der Waals surface area contributed by atoms with E-state index in [2.05, 4.69) is 21.9 Å². The molecule has 1 amide bonds. The summed E-state index contributed by atoms with van der Waals surface area (Å²) >= 11 is 1.31. The first-order valence-corrected chi connectivity index (χ1v) is 9.19. The summed E-state index contributed by atoms with van der Waals surface area (Å²) in [5.74, 6) is 0.820. The van der Waals surface area contributed by atoms with Crippen LogP contribution < -0.4 is 20.3 Å². The number of hydrogen-bond acceptors (Lipinski definition) is 6. The Morgan fingerprint density at radius 3 is 2.88 bits per heavy atom. The molecule has 1 aliphatic rings. The Balaban J connectivity index is 2.06. The molecule has 1 atom stereocenters. The summed E-state index contributed by atoms with van der Waals surface area (Å²) in [6.45, 7) is 3.97. The lowest BCUT2D eigenvalue weighted by Crippen LogP contribution is -2.31. The van der Waals surface area contributed by atoms with Gasteiger partial charge in [0.25, 0.3) is 5.56 Å². The van der Waals surface area contributed by atoms with Gasteiger partial charge in [0.1, 0.15) is 12.4 Å². The van der Waals surface area contributed by atoms with Crippen molar-refractivity contribution in [1.29, 1.82) is 0 Å². The number of aromatic amines is 1. The third-order valence-corrected chi connectivity index (χ3v) is 4.65. The van der Waals surface area contributed by atoms with Gasteiger partial charge in [-0.25, -0.2) is 4.98 Å². The zero-order valence-corrected chi connectivity index (χ0v) is 15.3. The number of anilines is 1. The van der Waals surface area contributed by atoms with E-state index in [1.807, 2.05) is 6.07 Å². The summed E-state index contributed by atoms with van der Waals surface area (Å²) in [5, 5.41) is 3.15. The SMILES string of the molecule is C=CCOc1ccc(C2CC(=O)Nc3nc(SC)[nH]c(=O)c32)cc1OC. The Hall–Kier alpha value is -2.74. The van der Waals surface area contributed by atoms with Crippen molar-refractivity contribution < 1.29 is 14.3 Å². The normalized spacial score (nSPS) is 15.8. The van der Waals surface area contributed by atoms with Gasteiger partial charge in [-0.05, 0) is 24.0 Å². The number of carbonyl (C=O) groups excluding carboxylic acids is 1. The van der Waals surface area contributed by atoms with E-state index in [9.17, 15) is 9.59 Å². The van der Waals surface area contributed by atoms with Crippen LogP contribution in [0.25, 0.3) is 0 Å². The maximum absolute atomic E-state index is 12.6. The first-order chi connectivity index (χ1) is 12.6. The van der Waals surface area contributed by atoms with Gasteiger partial charge in [0.2, 0.25) is 5.91 Å². The van der Waals surface area contributed by atoms with Crippen LogP contribution in [0.5, 0.6) is 11.5 Å². The maximum Gasteiger partial charge on any atom is 0.257 e. The fourth-order valence-electron chi connectivity index (χ4n) is 2.90. The van der Waals surface area contributed by atoms with Crippen molar-refractivity contribution in [1.82, 2.24) is 9.97 Å². The van der Waals surface area contributed by atoms with Crippen molar-refractivity contribution in [3.63, 3.8) is 0 Å². The molecule has 0 bridgehead atoms. The van der Waals surface area contributed by atoms with Gasteiger partial charge in [-0.15, -0.1) is 0 Å². The van der Waals surface area contributed by atoms with Gasteiger partial charge in [-0.3, -0.25) is 9.59 Å². The van der Waals surface area contributed by atoms with Gasteiger partial charge in [-0.2, -0.15) is 0 Å². The lowest BCUT2D eigenvalue weighted by Gasteiger charge is -2.25. The van der Waals surface area contributed by atoms with Crippen LogP contribution in [0.4, 0.5) is 5.82 Å². The van der Waals surface area contributed by atoms with E-state index in [1.54, 1.807) is 31.6 Å². The number of carbonyl (C=O) groups is 1. The first-order valence-electron chi connectivity index (χ1n) is 7.97. The number of aromatic nitrogens is 2. The number of fused-ring (bicyclic) bond motifs is 1. The van der Waals surface area contributed by atoms with Crippen LogP contribution in [0, 0.1) is 0 Å². The Kier molecular flexibility index (Phi) is 5.32. The van der Waals surface area contributed by atoms with Gasteiger partial charge in [-0.1, -0.05) is 30.5 Å². The molecule has 0 fully saturated rings. The van der Waals surface area contributed by atoms with Crippen LogP contribution in [-0.4, -0.2) is 35.8 Å². The molecule has 0 radical (unpaired) electrons. The molecule has 1 aliphatic heterocycles. The minimum absolute atomic E-state index is 0.159. The summed E-state index contributed by atoms with van der Waals surface area (Å²) in [7, 11) is 1.54. The largest absolute Gasteiger partial charge is 0.493 e. The zero-order chi connectivity index (χ0) is 18.7. The number of nitrogens with zero attached hydrogens (tertiary/aromatic N) is 1. The monoisotopic (exact) mass is 373 g/mol. The lowest BCUT2D eigenvalue weighted by atomic mass is 9.86. The van der Waals surface area contributed by atoms with Crippen molar-refractivity contribution in [2.75, 3.05) is 25.3 Å². The fraction of sp³-hybridized carbons (Fsp3) is 0.278. The van der Waals surface area contributed by atoms with Crippen LogP contribution in [0.15, 0.2) is 40.8 Å². The minimum atomic E-state index is -0.409. The number of nitrogens with one attached hydrogen (secondary N) is 2. The van der Waals surface area contributed by atoms with Gasteiger partial charge in [0.15, 0.2) is 16.7 Å². The molecule has 1 unspecified atom stereocenters. The molecule has 1 aromatic heterocycles. The van der Waals surface area contributed by atoms with Crippen molar-refractivity contribution in [2.45, 2.75) is 17.5 Å². The number of methoxy groups -OCH3 is 1. The molecule has 26 heavy (non-hydrogen) atoms. The molecule has 0 saturated heterocycles. The van der Waals surface area contributed by atoms with Crippen molar-refractivity contribution in [3.05, 3.63) is 52.3 Å². The van der Waals surface area contributed by atoms with Crippen LogP contribution in [0.1, 0.15) is 23.5 Å². The van der Waals surface area contributed by atoms with E-state index in [4.69, 9.17) is 9.47 Å². The predicted octanol–water partition coefficient (Wildman–Crippen LogP) is 2.54. The molecule has 2 N–H and O–H groups in total. The molecule has 1 aromatic carbocycles. The molecular formula is C18H19N3O4S. The highest BCUT2D eigenvalue weighted by atomic mass is 32.2. The van der Waals surface area contributed by atoms with Crippen molar-refractivity contribution in [3.8, 4) is 11.5 Å².